The van der Waals surface area contributed by atoms with E-state index in [9.17, 15) is 13.2 Å². The minimum Gasteiger partial charge on any atom is -0.485 e. The number of carbonyl (C=O) groups is 1. The predicted molar refractivity (Wildman–Crippen MR) is 195 cm³/mol. The van der Waals surface area contributed by atoms with E-state index in [2.05, 4.69) is 34.0 Å². The molecule has 5 aliphatic rings. The van der Waals surface area contributed by atoms with Crippen LogP contribution in [0.15, 0.2) is 71.9 Å². The van der Waals surface area contributed by atoms with Crippen molar-refractivity contribution in [3.05, 3.63) is 78.0 Å². The number of benzene rings is 1. The number of carbonyl (C=O) groups excluding carboxylic acids is 1. The van der Waals surface area contributed by atoms with E-state index in [-0.39, 0.29) is 63.2 Å². The predicted octanol–water partition coefficient (Wildman–Crippen LogP) is 6.13. The molecule has 52 heavy (non-hydrogen) atoms. The van der Waals surface area contributed by atoms with Gasteiger partial charge in [-0.2, -0.15) is 8.42 Å². The zero-order valence-electron chi connectivity index (χ0n) is 33.3. The minimum absolute atomic E-state index is 0.0442. The number of hydrogen-bond donors (Lipinski definition) is 2. The number of aromatic nitrogens is 4. The highest BCUT2D eigenvalue weighted by Gasteiger charge is 2.85. The summed E-state index contributed by atoms with van der Waals surface area (Å²) in [6.07, 6.45) is 5.53. The Kier molecular flexibility index (Phi) is 6.78. The monoisotopic (exact) mass is 727 g/mol. The van der Waals surface area contributed by atoms with Crippen LogP contribution in [0.5, 0.6) is 11.6 Å². The lowest BCUT2D eigenvalue weighted by Crippen LogP contribution is -2.41. The summed E-state index contributed by atoms with van der Waals surface area (Å²) in [5.41, 5.74) is 0.399. The molecule has 1 aromatic carbocycles. The number of rotatable bonds is 8. The van der Waals surface area contributed by atoms with Crippen molar-refractivity contribution >= 4 is 27.6 Å². The number of ether oxygens (including phenoxy) is 2. The first-order chi connectivity index (χ1) is 26.6. The van der Waals surface area contributed by atoms with Gasteiger partial charge in [0.25, 0.3) is 15.9 Å². The second kappa shape index (κ2) is 12.2. The molecule has 12 nitrogen and oxygen atoms in total. The SMILES string of the molecule is [2H]C([2H])(Oc1ccn(-c2ccc3c(n2)N2C[C@@H](CCCNc4nc(ccc4OCc4ccccc4)S(=O)(=O)NC3=O)CC2(C)C)n1)C([2H])([2H])C1C2(CC2)C12CC2. The van der Waals surface area contributed by atoms with Gasteiger partial charge in [0.05, 0.1) is 14.9 Å². The molecule has 4 bridgehead atoms. The summed E-state index contributed by atoms with van der Waals surface area (Å²) in [6.45, 7) is 2.87. The van der Waals surface area contributed by atoms with Crippen LogP contribution in [0.2, 0.25) is 0 Å². The highest BCUT2D eigenvalue weighted by Crippen LogP contribution is 2.93. The van der Waals surface area contributed by atoms with E-state index < -0.39 is 34.4 Å². The van der Waals surface area contributed by atoms with Gasteiger partial charge in [0.1, 0.15) is 12.4 Å². The average Bonchev–Trinajstić information content (AvgIpc) is 4.11. The highest BCUT2D eigenvalue weighted by molar-refractivity contribution is 7.90. The third-order valence-corrected chi connectivity index (χ3v) is 13.0. The summed E-state index contributed by atoms with van der Waals surface area (Å²) in [6, 6.07) is 16.9. The zero-order valence-corrected chi connectivity index (χ0v) is 30.1. The van der Waals surface area contributed by atoms with Crippen LogP contribution in [0.4, 0.5) is 11.6 Å². The van der Waals surface area contributed by atoms with Crippen molar-refractivity contribution in [1.82, 2.24) is 24.5 Å². The number of anilines is 2. The van der Waals surface area contributed by atoms with Crippen LogP contribution in [0.25, 0.3) is 5.82 Å². The summed E-state index contributed by atoms with van der Waals surface area (Å²) in [4.78, 5) is 25.3. The zero-order chi connectivity index (χ0) is 39.3. The Bertz CT molecular complexity index is 2300. The maximum Gasteiger partial charge on any atom is 0.281 e. The third kappa shape index (κ3) is 5.86. The normalized spacial score (nSPS) is 24.8. The van der Waals surface area contributed by atoms with Crippen molar-refractivity contribution in [1.29, 1.82) is 0 Å². The molecule has 4 aromatic rings. The van der Waals surface area contributed by atoms with Crippen LogP contribution in [0.1, 0.15) is 86.6 Å². The molecule has 3 saturated carbocycles. The Morgan fingerprint density at radius 3 is 2.54 bits per heavy atom. The lowest BCUT2D eigenvalue weighted by atomic mass is 9.93. The Hall–Kier alpha value is -4.65. The first kappa shape index (κ1) is 28.9. The van der Waals surface area contributed by atoms with E-state index in [1.807, 2.05) is 35.2 Å². The summed E-state index contributed by atoms with van der Waals surface area (Å²) < 4.78 is 77.8. The molecule has 0 unspecified atom stereocenters. The molecule has 3 aromatic heterocycles. The fourth-order valence-corrected chi connectivity index (χ4v) is 9.69. The number of amides is 1. The molecule has 272 valence electrons. The van der Waals surface area contributed by atoms with E-state index in [1.165, 1.54) is 41.2 Å². The van der Waals surface area contributed by atoms with Crippen molar-refractivity contribution < 1.29 is 28.2 Å². The Morgan fingerprint density at radius 2 is 1.77 bits per heavy atom. The van der Waals surface area contributed by atoms with Crippen molar-refractivity contribution in [3.8, 4) is 17.4 Å². The van der Waals surface area contributed by atoms with Gasteiger partial charge in [-0.05, 0) is 118 Å². The van der Waals surface area contributed by atoms with Crippen LogP contribution >= 0.6 is 0 Å². The molecular formula is C39H45N7O5S. The molecule has 1 saturated heterocycles. The molecule has 0 radical (unpaired) electrons. The van der Waals surface area contributed by atoms with Crippen molar-refractivity contribution in [2.45, 2.75) is 82.3 Å². The topological polar surface area (TPSA) is 141 Å². The van der Waals surface area contributed by atoms with Crippen LogP contribution in [-0.4, -0.2) is 59.3 Å². The van der Waals surface area contributed by atoms with Crippen LogP contribution in [-0.2, 0) is 16.6 Å². The maximum atomic E-state index is 14.0. The van der Waals surface area contributed by atoms with Gasteiger partial charge < -0.3 is 19.7 Å². The van der Waals surface area contributed by atoms with Crippen LogP contribution < -0.4 is 24.4 Å². The standard InChI is InChI=1S/C39H45N7O5S/c1-37(2)23-27-9-6-20-40-34-29(51-25-26-7-4-3-5-8-26)11-13-33(42-34)52(48,49)44-36(47)28-10-12-31(41-35(28)45(37)24-27)46-21-14-32(43-46)50-22-15-30-38(16-17-38)39(30)18-19-39/h3-5,7-8,10-14,21,27,30H,6,9,15-20,22-25H2,1-2H3,(H,40,42)(H,44,47)/t27-/m0/s1/i15D2,22D2. The van der Waals surface area contributed by atoms with Gasteiger partial charge in [0, 0.05) is 33.6 Å². The van der Waals surface area contributed by atoms with Gasteiger partial charge in [-0.25, -0.2) is 19.4 Å². The number of pyridine rings is 2. The molecule has 3 aliphatic carbocycles. The van der Waals surface area contributed by atoms with E-state index in [4.69, 9.17) is 19.9 Å². The second-order valence-electron chi connectivity index (χ2n) is 15.5. The summed E-state index contributed by atoms with van der Waals surface area (Å²) in [5.74, 6) is 0.110. The molecule has 4 fully saturated rings. The summed E-state index contributed by atoms with van der Waals surface area (Å²) in [7, 11) is -4.45. The first-order valence-electron chi connectivity index (χ1n) is 20.1. The molecular weight excluding hydrogens is 679 g/mol. The highest BCUT2D eigenvalue weighted by atomic mass is 32.2. The maximum absolute atomic E-state index is 14.0. The first-order valence-corrected chi connectivity index (χ1v) is 19.6. The smallest absolute Gasteiger partial charge is 0.281 e. The fourth-order valence-electron chi connectivity index (χ4n) is 8.77. The molecule has 1 atom stereocenters. The van der Waals surface area contributed by atoms with Gasteiger partial charge >= 0.3 is 0 Å². The molecule has 9 rings (SSSR count). The average molecular weight is 728 g/mol. The van der Waals surface area contributed by atoms with Crippen molar-refractivity contribution in [3.63, 3.8) is 0 Å². The van der Waals surface area contributed by atoms with Gasteiger partial charge in [0.2, 0.25) is 5.88 Å². The number of fused-ring (bicyclic) bond motifs is 7. The minimum atomic E-state index is -4.45. The van der Waals surface area contributed by atoms with E-state index in [1.54, 1.807) is 0 Å². The van der Waals surface area contributed by atoms with Gasteiger partial charge in [-0.15, -0.1) is 5.10 Å². The quantitative estimate of drug-likeness (QED) is 0.218. The molecule has 13 heteroatoms. The van der Waals surface area contributed by atoms with Crippen LogP contribution in [0.3, 0.4) is 0 Å². The van der Waals surface area contributed by atoms with Crippen molar-refractivity contribution in [2.24, 2.45) is 22.7 Å². The lowest BCUT2D eigenvalue weighted by Gasteiger charge is -2.34. The van der Waals surface area contributed by atoms with Gasteiger partial charge in [-0.3, -0.25) is 4.79 Å². The number of hydrogen-bond acceptors (Lipinski definition) is 10. The Balaban J connectivity index is 1.00. The number of nitrogens with one attached hydrogen (secondary N) is 2. The Labute approximate surface area is 310 Å². The van der Waals surface area contributed by atoms with Gasteiger partial charge in [0.15, 0.2) is 22.4 Å². The lowest BCUT2D eigenvalue weighted by molar-refractivity contribution is 0.0981. The second-order valence-corrected chi connectivity index (χ2v) is 17.1. The molecule has 5 heterocycles. The van der Waals surface area contributed by atoms with Gasteiger partial charge in [-0.1, -0.05) is 30.3 Å². The third-order valence-electron chi connectivity index (χ3n) is 11.7. The largest absolute Gasteiger partial charge is 0.485 e. The van der Waals surface area contributed by atoms with Crippen molar-refractivity contribution in [2.75, 3.05) is 29.9 Å². The fraction of sp³-hybridized carbons (Fsp3) is 0.487. The summed E-state index contributed by atoms with van der Waals surface area (Å²) >= 11 is 0. The summed E-state index contributed by atoms with van der Waals surface area (Å²) in [5, 5.41) is 7.35. The van der Waals surface area contributed by atoms with Crippen LogP contribution in [0, 0.1) is 22.7 Å². The van der Waals surface area contributed by atoms with E-state index in [0.29, 0.717) is 18.8 Å². The van der Waals surface area contributed by atoms with E-state index in [0.717, 1.165) is 50.5 Å². The molecule has 1 amide bonds. The number of sulfonamides is 1. The molecule has 2 aliphatic heterocycles. The number of nitrogens with zero attached hydrogens (tertiary/aromatic N) is 5. The van der Waals surface area contributed by atoms with E-state index >= 15 is 0 Å². The molecule has 2 spiro atoms. The molecule has 2 N–H and O–H groups in total. The Morgan fingerprint density at radius 1 is 0.981 bits per heavy atom.